The van der Waals surface area contributed by atoms with Crippen molar-refractivity contribution in [2.45, 2.75) is 46.2 Å². The van der Waals surface area contributed by atoms with Crippen LogP contribution >= 0.6 is 0 Å². The Balaban J connectivity index is 1.88. The van der Waals surface area contributed by atoms with Gasteiger partial charge < -0.3 is 9.64 Å². The Hall–Kier alpha value is -3.48. The number of hydrogen-bond donors (Lipinski definition) is 0. The number of hydrogen-bond acceptors (Lipinski definition) is 5. The molecule has 1 atom stereocenters. The van der Waals surface area contributed by atoms with Crippen LogP contribution in [0.2, 0.25) is 0 Å². The first kappa shape index (κ1) is 23.2. The molecular formula is C25H28N2O5. The van der Waals surface area contributed by atoms with Gasteiger partial charge >= 0.3 is 5.97 Å². The summed E-state index contributed by atoms with van der Waals surface area (Å²) in [6, 6.07) is 14.6. The van der Waals surface area contributed by atoms with Crippen molar-refractivity contribution < 1.29 is 23.9 Å². The molecule has 0 spiro atoms. The lowest BCUT2D eigenvalue weighted by molar-refractivity contribution is -0.140. The first-order chi connectivity index (χ1) is 15.1. The Morgan fingerprint density at radius 2 is 1.66 bits per heavy atom. The van der Waals surface area contributed by atoms with Gasteiger partial charge in [-0.25, -0.2) is 9.69 Å². The van der Waals surface area contributed by atoms with Gasteiger partial charge in [0.05, 0.1) is 24.8 Å². The lowest BCUT2D eigenvalue weighted by atomic mass is 9.91. The van der Waals surface area contributed by atoms with Crippen molar-refractivity contribution in [3.8, 4) is 0 Å². The molecule has 1 saturated heterocycles. The van der Waals surface area contributed by atoms with E-state index < -0.39 is 17.9 Å². The second kappa shape index (κ2) is 9.34. The van der Waals surface area contributed by atoms with Crippen molar-refractivity contribution in [1.29, 1.82) is 0 Å². The summed E-state index contributed by atoms with van der Waals surface area (Å²) in [5.41, 5.74) is 1.30. The molecule has 2 aromatic rings. The summed E-state index contributed by atoms with van der Waals surface area (Å²) in [6.07, 6.45) is 0.173. The number of nitrogens with zero attached hydrogens (tertiary/aromatic N) is 2. The van der Waals surface area contributed by atoms with Crippen molar-refractivity contribution in [2.24, 2.45) is 5.41 Å². The van der Waals surface area contributed by atoms with Crippen molar-refractivity contribution in [3.05, 3.63) is 65.7 Å². The van der Waals surface area contributed by atoms with Gasteiger partial charge in [0.25, 0.3) is 5.91 Å². The van der Waals surface area contributed by atoms with E-state index in [0.29, 0.717) is 11.3 Å². The van der Waals surface area contributed by atoms with Gasteiger partial charge in [-0.05, 0) is 35.2 Å². The Bertz CT molecular complexity index is 1010. The fourth-order valence-electron chi connectivity index (χ4n) is 3.70. The number of carbonyl (C=O) groups is 4. The van der Waals surface area contributed by atoms with E-state index in [9.17, 15) is 19.2 Å². The fraction of sp³-hybridized carbons (Fsp3) is 0.360. The molecule has 168 valence electrons. The normalized spacial score (nSPS) is 16.2. The predicted octanol–water partition coefficient (Wildman–Crippen LogP) is 3.57. The van der Waals surface area contributed by atoms with Gasteiger partial charge in [0.2, 0.25) is 11.8 Å². The average molecular weight is 437 g/mol. The predicted molar refractivity (Wildman–Crippen MR) is 120 cm³/mol. The van der Waals surface area contributed by atoms with Crippen molar-refractivity contribution in [2.75, 3.05) is 12.0 Å². The van der Waals surface area contributed by atoms with Crippen LogP contribution in [0, 0.1) is 5.41 Å². The maximum atomic E-state index is 13.3. The van der Waals surface area contributed by atoms with Crippen LogP contribution in [-0.2, 0) is 25.7 Å². The largest absolute Gasteiger partial charge is 0.465 e. The fourth-order valence-corrected chi connectivity index (χ4v) is 3.70. The third-order valence-corrected chi connectivity index (χ3v) is 5.24. The maximum absolute atomic E-state index is 13.3. The number of carbonyl (C=O) groups excluding carboxylic acids is 4. The Kier molecular flexibility index (Phi) is 6.77. The molecule has 0 radical (unpaired) electrons. The number of benzene rings is 2. The molecule has 1 heterocycles. The summed E-state index contributed by atoms with van der Waals surface area (Å²) in [5, 5.41) is 0. The number of imide groups is 1. The quantitative estimate of drug-likeness (QED) is 0.511. The van der Waals surface area contributed by atoms with Crippen LogP contribution < -0.4 is 4.90 Å². The van der Waals surface area contributed by atoms with Crippen LogP contribution in [0.4, 0.5) is 5.69 Å². The molecule has 2 aromatic carbocycles. The SMILES string of the molecule is COC(=O)c1ccc(N2C(=O)CC(N(Cc3ccccc3)C(=O)CC(C)(C)C)C2=O)cc1. The molecule has 0 aromatic heterocycles. The minimum Gasteiger partial charge on any atom is -0.465 e. The van der Waals surface area contributed by atoms with E-state index >= 15 is 0 Å². The maximum Gasteiger partial charge on any atom is 0.337 e. The molecule has 1 aliphatic rings. The lowest BCUT2D eigenvalue weighted by Crippen LogP contribution is -2.46. The van der Waals surface area contributed by atoms with E-state index in [1.807, 2.05) is 51.1 Å². The van der Waals surface area contributed by atoms with Crippen LogP contribution in [-0.4, -0.2) is 41.7 Å². The number of esters is 1. The van der Waals surface area contributed by atoms with E-state index in [-0.39, 0.29) is 36.6 Å². The minimum atomic E-state index is -0.877. The van der Waals surface area contributed by atoms with E-state index in [2.05, 4.69) is 4.74 Å². The summed E-state index contributed by atoms with van der Waals surface area (Å²) in [6.45, 7) is 6.13. The molecule has 0 aliphatic carbocycles. The molecule has 1 unspecified atom stereocenters. The molecule has 1 aliphatic heterocycles. The van der Waals surface area contributed by atoms with Gasteiger partial charge in [-0.15, -0.1) is 0 Å². The van der Waals surface area contributed by atoms with E-state index in [1.54, 1.807) is 0 Å². The number of amides is 3. The summed E-state index contributed by atoms with van der Waals surface area (Å²) in [4.78, 5) is 53.6. The van der Waals surface area contributed by atoms with Crippen LogP contribution in [0.1, 0.15) is 49.5 Å². The van der Waals surface area contributed by atoms with Gasteiger partial charge in [0.1, 0.15) is 6.04 Å². The monoisotopic (exact) mass is 436 g/mol. The highest BCUT2D eigenvalue weighted by molar-refractivity contribution is 6.23. The Morgan fingerprint density at radius 1 is 1.03 bits per heavy atom. The molecule has 7 heteroatoms. The molecule has 3 amide bonds. The van der Waals surface area contributed by atoms with Gasteiger partial charge in [0.15, 0.2) is 0 Å². The smallest absolute Gasteiger partial charge is 0.337 e. The molecular weight excluding hydrogens is 408 g/mol. The molecule has 32 heavy (non-hydrogen) atoms. The highest BCUT2D eigenvalue weighted by Gasteiger charge is 2.44. The van der Waals surface area contributed by atoms with Crippen molar-refractivity contribution in [3.63, 3.8) is 0 Å². The third kappa shape index (κ3) is 5.22. The van der Waals surface area contributed by atoms with E-state index in [0.717, 1.165) is 10.5 Å². The first-order valence-electron chi connectivity index (χ1n) is 10.5. The molecule has 0 saturated carbocycles. The van der Waals surface area contributed by atoms with Crippen LogP contribution in [0.5, 0.6) is 0 Å². The summed E-state index contributed by atoms with van der Waals surface area (Å²) in [5.74, 6) is -1.50. The second-order valence-corrected chi connectivity index (χ2v) is 9.07. The Labute approximate surface area is 188 Å². The molecule has 0 N–H and O–H groups in total. The number of methoxy groups -OCH3 is 1. The summed E-state index contributed by atoms with van der Waals surface area (Å²) in [7, 11) is 1.28. The second-order valence-electron chi connectivity index (χ2n) is 9.07. The highest BCUT2D eigenvalue weighted by atomic mass is 16.5. The molecule has 7 nitrogen and oxygen atoms in total. The summed E-state index contributed by atoms with van der Waals surface area (Å²) >= 11 is 0. The zero-order valence-electron chi connectivity index (χ0n) is 18.8. The van der Waals surface area contributed by atoms with Gasteiger partial charge in [0, 0.05) is 13.0 Å². The van der Waals surface area contributed by atoms with Crippen LogP contribution in [0.3, 0.4) is 0 Å². The number of ether oxygens (including phenoxy) is 1. The van der Waals surface area contributed by atoms with E-state index in [4.69, 9.17) is 0 Å². The van der Waals surface area contributed by atoms with E-state index in [1.165, 1.54) is 36.3 Å². The molecule has 1 fully saturated rings. The van der Waals surface area contributed by atoms with Crippen LogP contribution in [0.15, 0.2) is 54.6 Å². The number of anilines is 1. The minimum absolute atomic E-state index is 0.0830. The average Bonchev–Trinajstić information content (AvgIpc) is 3.04. The third-order valence-electron chi connectivity index (χ3n) is 5.24. The van der Waals surface area contributed by atoms with Crippen molar-refractivity contribution in [1.82, 2.24) is 4.90 Å². The molecule has 0 bridgehead atoms. The molecule has 3 rings (SSSR count). The lowest BCUT2D eigenvalue weighted by Gasteiger charge is -2.30. The van der Waals surface area contributed by atoms with Crippen molar-refractivity contribution >= 4 is 29.4 Å². The van der Waals surface area contributed by atoms with Gasteiger partial charge in [-0.2, -0.15) is 0 Å². The Morgan fingerprint density at radius 3 is 2.22 bits per heavy atom. The first-order valence-corrected chi connectivity index (χ1v) is 10.5. The standard InChI is InChI=1S/C25H28N2O5/c1-25(2,3)15-22(29)26(16-17-8-6-5-7-9-17)20-14-21(28)27(23(20)30)19-12-10-18(11-13-19)24(31)32-4/h5-13,20H,14-16H2,1-4H3. The summed E-state index contributed by atoms with van der Waals surface area (Å²) < 4.78 is 4.68. The zero-order valence-corrected chi connectivity index (χ0v) is 18.8. The zero-order chi connectivity index (χ0) is 23.5. The van der Waals surface area contributed by atoms with Gasteiger partial charge in [-0.1, -0.05) is 51.1 Å². The highest BCUT2D eigenvalue weighted by Crippen LogP contribution is 2.29. The van der Waals surface area contributed by atoms with Gasteiger partial charge in [-0.3, -0.25) is 14.4 Å². The topological polar surface area (TPSA) is 84.0 Å². The van der Waals surface area contributed by atoms with Crippen LogP contribution in [0.25, 0.3) is 0 Å². The number of rotatable bonds is 6.